The van der Waals surface area contributed by atoms with Crippen molar-refractivity contribution in [3.05, 3.63) is 107 Å². The Labute approximate surface area is 193 Å². The summed E-state index contributed by atoms with van der Waals surface area (Å²) in [5, 5.41) is 5.83. The molecule has 1 fully saturated rings. The first-order valence-electron chi connectivity index (χ1n) is 11.2. The fraction of sp³-hybridized carbons (Fsp3) is 0.259. The van der Waals surface area contributed by atoms with Crippen molar-refractivity contribution in [2.24, 2.45) is 5.92 Å². The molecule has 0 bridgehead atoms. The van der Waals surface area contributed by atoms with Gasteiger partial charge in [0.05, 0.1) is 5.92 Å². The first-order valence-corrected chi connectivity index (χ1v) is 11.2. The first kappa shape index (κ1) is 22.5. The van der Waals surface area contributed by atoms with Crippen LogP contribution in [0.3, 0.4) is 0 Å². The van der Waals surface area contributed by atoms with E-state index in [4.69, 9.17) is 0 Å². The number of piperidine rings is 1. The van der Waals surface area contributed by atoms with Crippen molar-refractivity contribution in [2.45, 2.75) is 25.4 Å². The highest BCUT2D eigenvalue weighted by atomic mass is 19.1. The molecule has 0 aliphatic carbocycles. The number of urea groups is 1. The van der Waals surface area contributed by atoms with Crippen LogP contribution in [-0.4, -0.2) is 29.9 Å². The van der Waals surface area contributed by atoms with E-state index >= 15 is 0 Å². The van der Waals surface area contributed by atoms with Gasteiger partial charge in [-0.2, -0.15) is 0 Å². The van der Waals surface area contributed by atoms with Crippen LogP contribution in [0.15, 0.2) is 84.9 Å². The van der Waals surface area contributed by atoms with Gasteiger partial charge in [0.15, 0.2) is 0 Å². The van der Waals surface area contributed by atoms with Crippen LogP contribution in [0.4, 0.5) is 9.18 Å². The van der Waals surface area contributed by atoms with E-state index in [1.54, 1.807) is 23.1 Å². The Morgan fingerprint density at radius 2 is 1.48 bits per heavy atom. The minimum absolute atomic E-state index is 0.0478. The molecule has 3 aromatic rings. The zero-order valence-electron chi connectivity index (χ0n) is 18.4. The highest BCUT2D eigenvalue weighted by Crippen LogP contribution is 2.30. The van der Waals surface area contributed by atoms with Crippen LogP contribution in [0.2, 0.25) is 0 Å². The molecule has 3 amide bonds. The van der Waals surface area contributed by atoms with Crippen LogP contribution in [0.25, 0.3) is 0 Å². The Morgan fingerprint density at radius 3 is 2.21 bits per heavy atom. The Bertz CT molecular complexity index is 1070. The predicted molar refractivity (Wildman–Crippen MR) is 126 cm³/mol. The van der Waals surface area contributed by atoms with Crippen LogP contribution in [-0.2, 0) is 17.9 Å². The Morgan fingerprint density at radius 1 is 0.818 bits per heavy atom. The minimum atomic E-state index is -0.377. The molecule has 5 nitrogen and oxygen atoms in total. The summed E-state index contributed by atoms with van der Waals surface area (Å²) in [5.41, 5.74) is 2.56. The lowest BCUT2D eigenvalue weighted by molar-refractivity contribution is -0.126. The van der Waals surface area contributed by atoms with Gasteiger partial charge in [0.25, 0.3) is 0 Å². The molecule has 1 aliphatic rings. The minimum Gasteiger partial charge on any atom is -0.352 e. The number of amides is 3. The molecule has 170 valence electrons. The van der Waals surface area contributed by atoms with Crippen molar-refractivity contribution in [3.63, 3.8) is 0 Å². The number of carbonyl (C=O) groups excluding carboxylic acids is 2. The summed E-state index contributed by atoms with van der Waals surface area (Å²) in [4.78, 5) is 27.7. The number of benzene rings is 3. The van der Waals surface area contributed by atoms with E-state index in [0.29, 0.717) is 31.6 Å². The fourth-order valence-corrected chi connectivity index (χ4v) is 4.28. The molecule has 1 aliphatic heterocycles. The average molecular weight is 446 g/mol. The molecule has 0 spiro atoms. The van der Waals surface area contributed by atoms with Gasteiger partial charge < -0.3 is 15.5 Å². The second kappa shape index (κ2) is 10.8. The lowest BCUT2D eigenvalue weighted by Gasteiger charge is -2.37. The van der Waals surface area contributed by atoms with Gasteiger partial charge in [-0.3, -0.25) is 4.79 Å². The van der Waals surface area contributed by atoms with Gasteiger partial charge >= 0.3 is 6.03 Å². The highest BCUT2D eigenvalue weighted by Gasteiger charge is 2.34. The zero-order valence-corrected chi connectivity index (χ0v) is 18.4. The third-order valence-electron chi connectivity index (χ3n) is 6.08. The predicted octanol–water partition coefficient (Wildman–Crippen LogP) is 4.46. The molecular weight excluding hydrogens is 417 g/mol. The van der Waals surface area contributed by atoms with Crippen molar-refractivity contribution in [1.29, 1.82) is 0 Å². The number of halogens is 1. The number of nitrogens with zero attached hydrogens (tertiary/aromatic N) is 1. The SMILES string of the molecule is O=C(NCc1ccccc1F)C1CC(c2ccccc2)CN(C(=O)NCc2ccccc2)C1. The number of rotatable bonds is 6. The summed E-state index contributed by atoms with van der Waals surface area (Å²) in [6, 6.07) is 25.9. The van der Waals surface area contributed by atoms with Crippen molar-refractivity contribution in [2.75, 3.05) is 13.1 Å². The van der Waals surface area contributed by atoms with Gasteiger partial charge in [0.1, 0.15) is 5.82 Å². The largest absolute Gasteiger partial charge is 0.352 e. The lowest BCUT2D eigenvalue weighted by atomic mass is 9.84. The van der Waals surface area contributed by atoms with Gasteiger partial charge in [-0.15, -0.1) is 0 Å². The van der Waals surface area contributed by atoms with Gasteiger partial charge in [-0.1, -0.05) is 78.9 Å². The monoisotopic (exact) mass is 445 g/mol. The smallest absolute Gasteiger partial charge is 0.317 e. The zero-order chi connectivity index (χ0) is 23.0. The quantitative estimate of drug-likeness (QED) is 0.589. The third kappa shape index (κ3) is 5.98. The van der Waals surface area contributed by atoms with Crippen LogP contribution in [0.5, 0.6) is 0 Å². The summed E-state index contributed by atoms with van der Waals surface area (Å²) in [6.07, 6.45) is 0.635. The molecule has 2 unspecified atom stereocenters. The molecule has 1 heterocycles. The second-order valence-corrected chi connectivity index (χ2v) is 8.40. The Hall–Kier alpha value is -3.67. The molecule has 33 heavy (non-hydrogen) atoms. The molecule has 0 saturated carbocycles. The highest BCUT2D eigenvalue weighted by molar-refractivity contribution is 5.81. The normalized spacial score (nSPS) is 17.9. The van der Waals surface area contributed by atoms with Gasteiger partial charge in [-0.05, 0) is 23.6 Å². The molecule has 0 aromatic heterocycles. The van der Waals surface area contributed by atoms with E-state index in [2.05, 4.69) is 10.6 Å². The molecule has 3 aromatic carbocycles. The maximum atomic E-state index is 13.9. The average Bonchev–Trinajstić information content (AvgIpc) is 2.87. The summed E-state index contributed by atoms with van der Waals surface area (Å²) < 4.78 is 13.9. The summed E-state index contributed by atoms with van der Waals surface area (Å²) in [5.74, 6) is -0.838. The van der Waals surface area contributed by atoms with Crippen LogP contribution < -0.4 is 10.6 Å². The van der Waals surface area contributed by atoms with Crippen molar-refractivity contribution in [1.82, 2.24) is 15.5 Å². The maximum absolute atomic E-state index is 13.9. The number of hydrogen-bond acceptors (Lipinski definition) is 2. The molecule has 4 rings (SSSR count). The van der Waals surface area contributed by atoms with Crippen molar-refractivity contribution in [3.8, 4) is 0 Å². The van der Waals surface area contributed by atoms with E-state index < -0.39 is 0 Å². The standard InChI is InChI=1S/C27H28FN3O2/c28-25-14-8-7-13-22(25)17-29-26(32)24-15-23(21-11-5-2-6-12-21)18-31(19-24)27(33)30-16-20-9-3-1-4-10-20/h1-14,23-24H,15-19H2,(H,29,32)(H,30,33). The summed E-state index contributed by atoms with van der Waals surface area (Å²) in [6.45, 7) is 1.42. The fourth-order valence-electron chi connectivity index (χ4n) is 4.28. The number of hydrogen-bond donors (Lipinski definition) is 2. The number of nitrogens with one attached hydrogen (secondary N) is 2. The molecular formula is C27H28FN3O2. The van der Waals surface area contributed by atoms with Crippen LogP contribution >= 0.6 is 0 Å². The molecule has 1 saturated heterocycles. The van der Waals surface area contributed by atoms with E-state index in [0.717, 1.165) is 11.1 Å². The number of likely N-dealkylation sites (tertiary alicyclic amines) is 1. The van der Waals surface area contributed by atoms with Crippen molar-refractivity contribution < 1.29 is 14.0 Å². The molecule has 6 heteroatoms. The first-order chi connectivity index (χ1) is 16.1. The van der Waals surface area contributed by atoms with E-state index in [1.807, 2.05) is 60.7 Å². The second-order valence-electron chi connectivity index (χ2n) is 8.40. The van der Waals surface area contributed by atoms with Crippen LogP contribution in [0, 0.1) is 11.7 Å². The van der Waals surface area contributed by atoms with Gasteiger partial charge in [-0.25, -0.2) is 9.18 Å². The topological polar surface area (TPSA) is 61.4 Å². The van der Waals surface area contributed by atoms with E-state index in [9.17, 15) is 14.0 Å². The maximum Gasteiger partial charge on any atom is 0.317 e. The van der Waals surface area contributed by atoms with Crippen LogP contribution in [0.1, 0.15) is 29.0 Å². The van der Waals surface area contributed by atoms with E-state index in [1.165, 1.54) is 6.07 Å². The third-order valence-corrected chi connectivity index (χ3v) is 6.08. The van der Waals surface area contributed by atoms with Gasteiger partial charge in [0, 0.05) is 37.7 Å². The molecule has 0 radical (unpaired) electrons. The van der Waals surface area contributed by atoms with Crippen molar-refractivity contribution >= 4 is 11.9 Å². The van der Waals surface area contributed by atoms with E-state index in [-0.39, 0.29) is 36.1 Å². The summed E-state index contributed by atoms with van der Waals surface area (Å²) >= 11 is 0. The molecule has 2 atom stereocenters. The van der Waals surface area contributed by atoms with Gasteiger partial charge in [0.2, 0.25) is 5.91 Å². The molecule has 2 N–H and O–H groups in total. The number of carbonyl (C=O) groups is 2. The lowest BCUT2D eigenvalue weighted by Crippen LogP contribution is -2.50. The Kier molecular flexibility index (Phi) is 7.35. The Balaban J connectivity index is 1.44. The summed E-state index contributed by atoms with van der Waals surface area (Å²) in [7, 11) is 0.